The number of benzene rings is 1. The number of hydrogen-bond donors (Lipinski definition) is 0. The molecule has 100 valence electrons. The van der Waals surface area contributed by atoms with Crippen LogP contribution in [0.5, 0.6) is 0 Å². The van der Waals surface area contributed by atoms with Crippen molar-refractivity contribution in [3.63, 3.8) is 0 Å². The highest BCUT2D eigenvalue weighted by Gasteiger charge is 2.06. The summed E-state index contributed by atoms with van der Waals surface area (Å²) in [6.07, 6.45) is 4.77. The molecular formula is C15H16BrClN2. The number of aryl methyl sites for hydroxylation is 1. The van der Waals surface area contributed by atoms with E-state index in [0.717, 1.165) is 41.1 Å². The molecule has 0 amide bonds. The number of nitrogens with zero attached hydrogens (tertiary/aromatic N) is 2. The normalized spacial score (nSPS) is 10.7. The van der Waals surface area contributed by atoms with E-state index in [-0.39, 0.29) is 0 Å². The molecule has 0 bridgehead atoms. The predicted octanol–water partition coefficient (Wildman–Crippen LogP) is 4.57. The van der Waals surface area contributed by atoms with Gasteiger partial charge in [-0.1, -0.05) is 53.0 Å². The number of alkyl halides is 1. The Morgan fingerprint density at radius 2 is 1.95 bits per heavy atom. The van der Waals surface area contributed by atoms with Crippen molar-refractivity contribution >= 4 is 27.5 Å². The lowest BCUT2D eigenvalue weighted by Crippen LogP contribution is -2.04. The number of aromatic nitrogens is 2. The Bertz CT molecular complexity index is 540. The van der Waals surface area contributed by atoms with E-state index in [2.05, 4.69) is 32.8 Å². The van der Waals surface area contributed by atoms with Crippen LogP contribution in [0.15, 0.2) is 30.5 Å². The van der Waals surface area contributed by atoms with Gasteiger partial charge in [-0.05, 0) is 24.1 Å². The Kier molecular flexibility index (Phi) is 5.34. The minimum absolute atomic E-state index is 0.746. The molecule has 0 N–H and O–H groups in total. The van der Waals surface area contributed by atoms with Gasteiger partial charge < -0.3 is 0 Å². The molecule has 1 heterocycles. The fourth-order valence-electron chi connectivity index (χ4n) is 1.92. The highest BCUT2D eigenvalue weighted by atomic mass is 79.9. The van der Waals surface area contributed by atoms with Gasteiger partial charge in [0.2, 0.25) is 0 Å². The third-order valence-corrected chi connectivity index (χ3v) is 3.77. The summed E-state index contributed by atoms with van der Waals surface area (Å²) < 4.78 is 0. The predicted molar refractivity (Wildman–Crippen MR) is 82.9 cm³/mol. The van der Waals surface area contributed by atoms with Crippen LogP contribution in [-0.4, -0.2) is 9.97 Å². The third-order valence-electron chi connectivity index (χ3n) is 2.91. The Balaban J connectivity index is 2.20. The Labute approximate surface area is 127 Å². The van der Waals surface area contributed by atoms with E-state index in [1.807, 2.05) is 30.5 Å². The number of rotatable bonds is 5. The van der Waals surface area contributed by atoms with Crippen molar-refractivity contribution in [1.29, 1.82) is 0 Å². The summed E-state index contributed by atoms with van der Waals surface area (Å²) >= 11 is 9.37. The summed E-state index contributed by atoms with van der Waals surface area (Å²) in [5.41, 5.74) is 3.51. The van der Waals surface area contributed by atoms with Crippen molar-refractivity contribution in [1.82, 2.24) is 9.97 Å². The van der Waals surface area contributed by atoms with Gasteiger partial charge in [0, 0.05) is 34.2 Å². The Morgan fingerprint density at radius 3 is 2.58 bits per heavy atom. The summed E-state index contributed by atoms with van der Waals surface area (Å²) in [7, 11) is 0. The number of halogens is 2. The molecule has 19 heavy (non-hydrogen) atoms. The van der Waals surface area contributed by atoms with Crippen LogP contribution in [0.1, 0.15) is 36.0 Å². The van der Waals surface area contributed by atoms with Gasteiger partial charge in [-0.25, -0.2) is 9.97 Å². The molecule has 4 heteroatoms. The molecule has 2 aromatic rings. The van der Waals surface area contributed by atoms with Gasteiger partial charge in [0.05, 0.1) is 0 Å². The highest BCUT2D eigenvalue weighted by Crippen LogP contribution is 2.15. The standard InChI is InChI=1S/C15H16BrClN2/c1-2-3-14-12(9-16)10-18-15(19-14)8-11-4-6-13(17)7-5-11/h4-7,10H,2-3,8-9H2,1H3. The van der Waals surface area contributed by atoms with E-state index >= 15 is 0 Å². The minimum atomic E-state index is 0.746. The molecule has 2 nitrogen and oxygen atoms in total. The van der Waals surface area contributed by atoms with Gasteiger partial charge in [-0.2, -0.15) is 0 Å². The van der Waals surface area contributed by atoms with Gasteiger partial charge in [0.1, 0.15) is 5.82 Å². The van der Waals surface area contributed by atoms with Gasteiger partial charge in [-0.3, -0.25) is 0 Å². The smallest absolute Gasteiger partial charge is 0.132 e. The largest absolute Gasteiger partial charge is 0.241 e. The fraction of sp³-hybridized carbons (Fsp3) is 0.333. The molecule has 0 saturated heterocycles. The summed E-state index contributed by atoms with van der Waals surface area (Å²) in [6.45, 7) is 2.17. The SMILES string of the molecule is CCCc1nc(Cc2ccc(Cl)cc2)ncc1CBr. The molecular weight excluding hydrogens is 324 g/mol. The van der Waals surface area contributed by atoms with E-state index in [0.29, 0.717) is 0 Å². The Hall–Kier alpha value is -0.930. The molecule has 0 aliphatic carbocycles. The minimum Gasteiger partial charge on any atom is -0.241 e. The van der Waals surface area contributed by atoms with Crippen LogP contribution < -0.4 is 0 Å². The molecule has 0 aliphatic heterocycles. The van der Waals surface area contributed by atoms with Crippen LogP contribution in [0.3, 0.4) is 0 Å². The van der Waals surface area contributed by atoms with Crippen LogP contribution >= 0.6 is 27.5 Å². The average Bonchev–Trinajstić information content (AvgIpc) is 2.42. The van der Waals surface area contributed by atoms with Crippen LogP contribution in [0.4, 0.5) is 0 Å². The molecule has 0 aliphatic rings. The molecule has 2 rings (SSSR count). The van der Waals surface area contributed by atoms with Gasteiger partial charge >= 0.3 is 0 Å². The summed E-state index contributed by atoms with van der Waals surface area (Å²) in [5.74, 6) is 0.871. The van der Waals surface area contributed by atoms with Gasteiger partial charge in [0.15, 0.2) is 0 Å². The summed E-state index contributed by atoms with van der Waals surface area (Å²) in [4.78, 5) is 9.11. The molecule has 1 aromatic heterocycles. The maximum absolute atomic E-state index is 5.88. The molecule has 0 saturated carbocycles. The van der Waals surface area contributed by atoms with Crippen LogP contribution in [0.2, 0.25) is 5.02 Å². The van der Waals surface area contributed by atoms with E-state index in [1.165, 1.54) is 11.1 Å². The van der Waals surface area contributed by atoms with Crippen molar-refractivity contribution < 1.29 is 0 Å². The van der Waals surface area contributed by atoms with E-state index in [9.17, 15) is 0 Å². The lowest BCUT2D eigenvalue weighted by molar-refractivity contribution is 0.826. The first-order chi connectivity index (χ1) is 9.22. The van der Waals surface area contributed by atoms with E-state index in [1.54, 1.807) is 0 Å². The van der Waals surface area contributed by atoms with Crippen molar-refractivity contribution in [3.05, 3.63) is 58.1 Å². The van der Waals surface area contributed by atoms with Crippen molar-refractivity contribution in [2.45, 2.75) is 31.5 Å². The van der Waals surface area contributed by atoms with Crippen molar-refractivity contribution in [2.75, 3.05) is 0 Å². The second-order valence-corrected chi connectivity index (χ2v) is 5.44. The zero-order chi connectivity index (χ0) is 13.7. The zero-order valence-corrected chi connectivity index (χ0v) is 13.2. The fourth-order valence-corrected chi connectivity index (χ4v) is 2.51. The monoisotopic (exact) mass is 338 g/mol. The molecule has 0 unspecified atom stereocenters. The molecule has 0 fully saturated rings. The molecule has 0 spiro atoms. The molecule has 1 aromatic carbocycles. The zero-order valence-electron chi connectivity index (χ0n) is 10.9. The second-order valence-electron chi connectivity index (χ2n) is 4.45. The topological polar surface area (TPSA) is 25.8 Å². The molecule has 0 atom stereocenters. The summed E-state index contributed by atoms with van der Waals surface area (Å²) in [5, 5.41) is 1.56. The van der Waals surface area contributed by atoms with Gasteiger partial charge in [-0.15, -0.1) is 0 Å². The highest BCUT2D eigenvalue weighted by molar-refractivity contribution is 9.08. The van der Waals surface area contributed by atoms with Crippen LogP contribution in [0, 0.1) is 0 Å². The average molecular weight is 340 g/mol. The Morgan fingerprint density at radius 1 is 1.21 bits per heavy atom. The maximum atomic E-state index is 5.88. The maximum Gasteiger partial charge on any atom is 0.132 e. The first-order valence-corrected chi connectivity index (χ1v) is 7.87. The van der Waals surface area contributed by atoms with Crippen LogP contribution in [0.25, 0.3) is 0 Å². The van der Waals surface area contributed by atoms with E-state index in [4.69, 9.17) is 11.6 Å². The van der Waals surface area contributed by atoms with Gasteiger partial charge in [0.25, 0.3) is 0 Å². The lowest BCUT2D eigenvalue weighted by atomic mass is 10.1. The van der Waals surface area contributed by atoms with Crippen molar-refractivity contribution in [2.24, 2.45) is 0 Å². The summed E-state index contributed by atoms with van der Waals surface area (Å²) in [6, 6.07) is 7.83. The quantitative estimate of drug-likeness (QED) is 0.746. The second kappa shape index (κ2) is 7.01. The van der Waals surface area contributed by atoms with Crippen LogP contribution in [-0.2, 0) is 18.2 Å². The third kappa shape index (κ3) is 4.02. The number of hydrogen-bond acceptors (Lipinski definition) is 2. The van der Waals surface area contributed by atoms with Crippen molar-refractivity contribution in [3.8, 4) is 0 Å². The van der Waals surface area contributed by atoms with E-state index < -0.39 is 0 Å². The first kappa shape index (κ1) is 14.5. The lowest BCUT2D eigenvalue weighted by Gasteiger charge is -2.07. The molecule has 0 radical (unpaired) electrons. The first-order valence-electron chi connectivity index (χ1n) is 6.37.